The molecular formula is C43H23N3OS. The van der Waals surface area contributed by atoms with E-state index in [-0.39, 0.29) is 0 Å². The molecule has 0 bridgehead atoms. The van der Waals surface area contributed by atoms with E-state index in [9.17, 15) is 0 Å². The molecule has 1 aliphatic rings. The predicted octanol–water partition coefficient (Wildman–Crippen LogP) is 11.9. The van der Waals surface area contributed by atoms with E-state index in [1.54, 1.807) is 11.3 Å². The molecule has 7 aromatic carbocycles. The second-order valence-corrected chi connectivity index (χ2v) is 13.4. The van der Waals surface area contributed by atoms with E-state index < -0.39 is 0 Å². The van der Waals surface area contributed by atoms with Crippen LogP contribution >= 0.6 is 11.3 Å². The van der Waals surface area contributed by atoms with Crippen molar-refractivity contribution in [3.05, 3.63) is 140 Å². The fraction of sp³-hybridized carbons (Fsp3) is 0. The van der Waals surface area contributed by atoms with Gasteiger partial charge in [-0.05, 0) is 57.3 Å². The third kappa shape index (κ3) is 3.56. The second-order valence-electron chi connectivity index (χ2n) is 12.3. The van der Waals surface area contributed by atoms with Gasteiger partial charge in [0.05, 0.1) is 0 Å². The zero-order chi connectivity index (χ0) is 31.3. The molecule has 0 unspecified atom stereocenters. The van der Waals surface area contributed by atoms with Gasteiger partial charge in [-0.1, -0.05) is 115 Å². The predicted molar refractivity (Wildman–Crippen MR) is 198 cm³/mol. The number of hydrogen-bond donors (Lipinski definition) is 0. The first-order valence-electron chi connectivity index (χ1n) is 16.0. The summed E-state index contributed by atoms with van der Waals surface area (Å²) in [5, 5.41) is 6.93. The molecule has 3 aromatic heterocycles. The summed E-state index contributed by atoms with van der Waals surface area (Å²) >= 11 is 1.80. The molecular weight excluding hydrogens is 607 g/mol. The number of furan rings is 1. The van der Waals surface area contributed by atoms with Crippen molar-refractivity contribution < 1.29 is 4.42 Å². The summed E-state index contributed by atoms with van der Waals surface area (Å²) in [6.45, 7) is 0. The molecule has 3 heterocycles. The number of fused-ring (bicyclic) bond motifs is 10. The van der Waals surface area contributed by atoms with E-state index in [1.807, 2.05) is 30.3 Å². The summed E-state index contributed by atoms with van der Waals surface area (Å²) in [4.78, 5) is 15.6. The summed E-state index contributed by atoms with van der Waals surface area (Å²) in [5.41, 5.74) is 9.53. The smallest absolute Gasteiger partial charge is 0.164 e. The van der Waals surface area contributed by atoms with Gasteiger partial charge in [-0.2, -0.15) is 0 Å². The number of rotatable bonds is 3. The Bertz CT molecular complexity index is 2960. The van der Waals surface area contributed by atoms with Gasteiger partial charge in [-0.15, -0.1) is 11.3 Å². The number of hydrogen-bond acceptors (Lipinski definition) is 5. The maximum atomic E-state index is 6.66. The van der Waals surface area contributed by atoms with E-state index >= 15 is 0 Å². The first kappa shape index (κ1) is 26.0. The molecule has 4 nitrogen and oxygen atoms in total. The minimum Gasteiger partial charge on any atom is -0.456 e. The van der Waals surface area contributed by atoms with E-state index in [1.165, 1.54) is 53.2 Å². The summed E-state index contributed by atoms with van der Waals surface area (Å²) < 4.78 is 9.12. The van der Waals surface area contributed by atoms with E-state index in [0.717, 1.165) is 38.6 Å². The van der Waals surface area contributed by atoms with Crippen molar-refractivity contribution >= 4 is 64.2 Å². The molecule has 0 saturated heterocycles. The largest absolute Gasteiger partial charge is 0.456 e. The van der Waals surface area contributed by atoms with Crippen molar-refractivity contribution in [3.8, 4) is 56.4 Å². The molecule has 0 saturated carbocycles. The second kappa shape index (κ2) is 9.67. The average Bonchev–Trinajstić information content (AvgIpc) is 3.82. The van der Waals surface area contributed by atoms with Gasteiger partial charge in [0.25, 0.3) is 0 Å². The Kier molecular flexibility index (Phi) is 5.23. The molecule has 11 rings (SSSR count). The van der Waals surface area contributed by atoms with Crippen molar-refractivity contribution in [1.82, 2.24) is 15.0 Å². The van der Waals surface area contributed by atoms with E-state index in [4.69, 9.17) is 19.4 Å². The topological polar surface area (TPSA) is 51.8 Å². The lowest BCUT2D eigenvalue weighted by Crippen LogP contribution is -2.00. The minimum absolute atomic E-state index is 0.621. The Morgan fingerprint density at radius 3 is 1.83 bits per heavy atom. The highest BCUT2D eigenvalue weighted by molar-refractivity contribution is 7.25. The standard InChI is InChI=1S/C43H23N3OS/c1-2-11-24(12-3-1)41-44-42(30-19-10-22-36-38(30)28-15-6-7-21-35(28)48-36)46-43(45-41)31-18-9-20-33-40(31)39-29-17-8-16-27-25-13-4-5-14-26(25)32(37(27)29)23-34(39)47-33/h1-23H. The molecule has 0 aliphatic heterocycles. The number of aromatic nitrogens is 3. The quantitative estimate of drug-likeness (QED) is 0.195. The maximum absolute atomic E-state index is 6.66. The van der Waals surface area contributed by atoms with Crippen molar-refractivity contribution in [2.24, 2.45) is 0 Å². The average molecular weight is 630 g/mol. The molecule has 0 N–H and O–H groups in total. The zero-order valence-corrected chi connectivity index (χ0v) is 26.3. The molecule has 10 aromatic rings. The van der Waals surface area contributed by atoms with Gasteiger partial charge in [0, 0.05) is 47.6 Å². The van der Waals surface area contributed by atoms with Crippen LogP contribution in [0.3, 0.4) is 0 Å². The lowest BCUT2D eigenvalue weighted by Gasteiger charge is -2.10. The third-order valence-corrected chi connectivity index (χ3v) is 10.8. The van der Waals surface area contributed by atoms with Crippen LogP contribution in [0.2, 0.25) is 0 Å². The van der Waals surface area contributed by atoms with Gasteiger partial charge in [-0.25, -0.2) is 15.0 Å². The first-order valence-corrected chi connectivity index (χ1v) is 16.8. The highest BCUT2D eigenvalue weighted by Gasteiger charge is 2.26. The Balaban J connectivity index is 1.23. The van der Waals surface area contributed by atoms with Crippen LogP contribution in [0.15, 0.2) is 144 Å². The lowest BCUT2D eigenvalue weighted by atomic mass is 9.96. The Labute approximate surface area is 278 Å². The van der Waals surface area contributed by atoms with Crippen LogP contribution in [-0.4, -0.2) is 15.0 Å². The third-order valence-electron chi connectivity index (χ3n) is 9.68. The van der Waals surface area contributed by atoms with Gasteiger partial charge in [0.1, 0.15) is 11.2 Å². The normalized spacial score (nSPS) is 12.2. The van der Waals surface area contributed by atoms with Gasteiger partial charge < -0.3 is 4.42 Å². The Hall–Kier alpha value is -6.17. The van der Waals surface area contributed by atoms with Crippen LogP contribution in [0.5, 0.6) is 0 Å². The lowest BCUT2D eigenvalue weighted by molar-refractivity contribution is 0.669. The highest BCUT2D eigenvalue weighted by atomic mass is 32.1. The molecule has 0 atom stereocenters. The van der Waals surface area contributed by atoms with Crippen LogP contribution in [0.4, 0.5) is 0 Å². The van der Waals surface area contributed by atoms with E-state index in [2.05, 4.69) is 109 Å². The SMILES string of the molecule is c1ccc(-c2nc(-c3cccc4sc5ccccc5c34)nc(-c3cccc4oc5cc6c7c(cccc7c5c34)-c3ccccc3-6)n2)cc1. The molecule has 1 aliphatic carbocycles. The number of thiophene rings is 1. The first-order chi connectivity index (χ1) is 23.8. The molecule has 0 amide bonds. The molecule has 0 spiro atoms. The van der Waals surface area contributed by atoms with Gasteiger partial charge in [0.15, 0.2) is 17.5 Å². The van der Waals surface area contributed by atoms with Crippen LogP contribution in [-0.2, 0) is 0 Å². The molecule has 0 fully saturated rings. The highest BCUT2D eigenvalue weighted by Crippen LogP contribution is 2.51. The Morgan fingerprint density at radius 2 is 0.979 bits per heavy atom. The summed E-state index contributed by atoms with van der Waals surface area (Å²) in [5.74, 6) is 1.91. The van der Waals surface area contributed by atoms with Crippen LogP contribution in [0, 0.1) is 0 Å². The molecule has 0 radical (unpaired) electrons. The number of nitrogens with zero attached hydrogens (tertiary/aromatic N) is 3. The fourth-order valence-electron chi connectivity index (χ4n) is 7.66. The number of benzene rings is 7. The monoisotopic (exact) mass is 629 g/mol. The van der Waals surface area contributed by atoms with Gasteiger partial charge in [-0.3, -0.25) is 0 Å². The van der Waals surface area contributed by atoms with Crippen molar-refractivity contribution in [1.29, 1.82) is 0 Å². The van der Waals surface area contributed by atoms with Gasteiger partial charge in [0.2, 0.25) is 0 Å². The van der Waals surface area contributed by atoms with Crippen molar-refractivity contribution in [2.45, 2.75) is 0 Å². The Morgan fingerprint density at radius 1 is 0.375 bits per heavy atom. The van der Waals surface area contributed by atoms with Crippen molar-refractivity contribution in [2.75, 3.05) is 0 Å². The summed E-state index contributed by atoms with van der Waals surface area (Å²) in [7, 11) is 0. The minimum atomic E-state index is 0.621. The fourth-order valence-corrected chi connectivity index (χ4v) is 8.79. The maximum Gasteiger partial charge on any atom is 0.164 e. The van der Waals surface area contributed by atoms with E-state index in [0.29, 0.717) is 17.5 Å². The van der Waals surface area contributed by atoms with Crippen LogP contribution < -0.4 is 0 Å². The zero-order valence-electron chi connectivity index (χ0n) is 25.4. The van der Waals surface area contributed by atoms with Crippen molar-refractivity contribution in [3.63, 3.8) is 0 Å². The summed E-state index contributed by atoms with van der Waals surface area (Å²) in [6, 6.07) is 48.8. The molecule has 222 valence electrons. The summed E-state index contributed by atoms with van der Waals surface area (Å²) in [6.07, 6.45) is 0. The molecule has 5 heteroatoms. The molecule has 48 heavy (non-hydrogen) atoms. The van der Waals surface area contributed by atoms with Crippen LogP contribution in [0.25, 0.3) is 109 Å². The van der Waals surface area contributed by atoms with Crippen LogP contribution in [0.1, 0.15) is 0 Å². The van der Waals surface area contributed by atoms with Gasteiger partial charge >= 0.3 is 0 Å².